The number of hydrogen-bond donors (Lipinski definition) is 2. The van der Waals surface area contributed by atoms with Crippen LogP contribution < -0.4 is 11.5 Å². The molecule has 0 aliphatic heterocycles. The van der Waals surface area contributed by atoms with E-state index in [9.17, 15) is 9.59 Å². The maximum absolute atomic E-state index is 11.9. The van der Waals surface area contributed by atoms with E-state index in [-0.39, 0.29) is 31.2 Å². The summed E-state index contributed by atoms with van der Waals surface area (Å²) >= 11 is 0. The minimum Gasteiger partial charge on any atom is -0.370 e. The monoisotopic (exact) mass is 285 g/mol. The molecule has 0 atom stereocenters. The van der Waals surface area contributed by atoms with Gasteiger partial charge in [0.1, 0.15) is 0 Å². The minimum atomic E-state index is -0.409. The molecule has 1 aromatic carbocycles. The lowest BCUT2D eigenvalue weighted by Crippen LogP contribution is -2.34. The van der Waals surface area contributed by atoms with E-state index in [1.54, 1.807) is 4.90 Å². The molecule has 106 valence electrons. The molecule has 0 heterocycles. The van der Waals surface area contributed by atoms with Gasteiger partial charge in [0.05, 0.1) is 0 Å². The van der Waals surface area contributed by atoms with Gasteiger partial charge in [-0.15, -0.1) is 12.4 Å². The molecule has 0 bridgehead atoms. The highest BCUT2D eigenvalue weighted by Gasteiger charge is 2.13. The van der Waals surface area contributed by atoms with Crippen LogP contribution in [0.4, 0.5) is 0 Å². The molecular weight excluding hydrogens is 266 g/mol. The number of primary amides is 1. The van der Waals surface area contributed by atoms with Crippen molar-refractivity contribution in [1.82, 2.24) is 4.90 Å². The van der Waals surface area contributed by atoms with Crippen molar-refractivity contribution >= 4 is 24.2 Å². The molecule has 6 heteroatoms. The van der Waals surface area contributed by atoms with Crippen LogP contribution in [0.3, 0.4) is 0 Å². The smallest absolute Gasteiger partial charge is 0.224 e. The van der Waals surface area contributed by atoms with Gasteiger partial charge in [-0.3, -0.25) is 9.59 Å². The number of carbonyl (C=O) groups is 2. The Labute approximate surface area is 119 Å². The summed E-state index contributed by atoms with van der Waals surface area (Å²) in [5.74, 6) is -0.462. The number of halogens is 1. The fourth-order valence-corrected chi connectivity index (χ4v) is 1.62. The number of nitrogens with zero attached hydrogens (tertiary/aromatic N) is 1. The molecule has 0 aromatic heterocycles. The summed E-state index contributed by atoms with van der Waals surface area (Å²) in [5.41, 5.74) is 11.5. The average molecular weight is 286 g/mol. The molecule has 0 fully saturated rings. The van der Waals surface area contributed by atoms with Crippen molar-refractivity contribution in [3.8, 4) is 0 Å². The molecular formula is C13H20ClN3O2. The first-order valence-corrected chi connectivity index (χ1v) is 5.93. The van der Waals surface area contributed by atoms with E-state index in [0.29, 0.717) is 19.6 Å². The summed E-state index contributed by atoms with van der Waals surface area (Å²) < 4.78 is 0. The van der Waals surface area contributed by atoms with Crippen molar-refractivity contribution in [3.05, 3.63) is 35.9 Å². The largest absolute Gasteiger partial charge is 0.370 e. The molecule has 0 radical (unpaired) electrons. The van der Waals surface area contributed by atoms with Gasteiger partial charge in [0.2, 0.25) is 11.8 Å². The van der Waals surface area contributed by atoms with Gasteiger partial charge < -0.3 is 16.4 Å². The molecule has 0 spiro atoms. The first-order chi connectivity index (χ1) is 8.63. The summed E-state index contributed by atoms with van der Waals surface area (Å²) in [7, 11) is 0. The van der Waals surface area contributed by atoms with Crippen molar-refractivity contribution in [2.75, 3.05) is 13.1 Å². The normalized spacial score (nSPS) is 9.53. The number of benzene rings is 1. The molecule has 1 aromatic rings. The van der Waals surface area contributed by atoms with Crippen LogP contribution in [0.2, 0.25) is 0 Å². The van der Waals surface area contributed by atoms with Crippen LogP contribution >= 0.6 is 12.4 Å². The van der Waals surface area contributed by atoms with Crippen molar-refractivity contribution in [2.45, 2.75) is 19.4 Å². The van der Waals surface area contributed by atoms with E-state index < -0.39 is 5.91 Å². The Bertz CT molecular complexity index is 398. The number of amides is 2. The first kappa shape index (κ1) is 17.4. The zero-order valence-electron chi connectivity index (χ0n) is 10.7. The van der Waals surface area contributed by atoms with Crippen LogP contribution in [0.5, 0.6) is 0 Å². The van der Waals surface area contributed by atoms with E-state index in [0.717, 1.165) is 5.56 Å². The Morgan fingerprint density at radius 1 is 1.11 bits per heavy atom. The highest BCUT2D eigenvalue weighted by molar-refractivity contribution is 5.85. The molecule has 0 unspecified atom stereocenters. The summed E-state index contributed by atoms with van der Waals surface area (Å²) in [6.07, 6.45) is 0.453. The number of rotatable bonds is 7. The van der Waals surface area contributed by atoms with Crippen LogP contribution in [-0.2, 0) is 16.1 Å². The second kappa shape index (κ2) is 9.35. The zero-order valence-corrected chi connectivity index (χ0v) is 11.6. The van der Waals surface area contributed by atoms with Gasteiger partial charge in [-0.05, 0) is 5.56 Å². The average Bonchev–Trinajstić information content (AvgIpc) is 2.35. The molecule has 4 N–H and O–H groups in total. The van der Waals surface area contributed by atoms with E-state index in [1.807, 2.05) is 30.3 Å². The van der Waals surface area contributed by atoms with Crippen molar-refractivity contribution in [3.63, 3.8) is 0 Å². The van der Waals surface area contributed by atoms with Gasteiger partial charge in [0, 0.05) is 32.5 Å². The SMILES string of the molecule is Cl.NCCC(=O)N(CCC(N)=O)Cc1ccccc1. The predicted molar refractivity (Wildman–Crippen MR) is 76.6 cm³/mol. The third-order valence-electron chi connectivity index (χ3n) is 2.56. The molecule has 0 aliphatic rings. The summed E-state index contributed by atoms with van der Waals surface area (Å²) in [5, 5.41) is 0. The lowest BCUT2D eigenvalue weighted by atomic mass is 10.2. The zero-order chi connectivity index (χ0) is 13.4. The Kier molecular flexibility index (Phi) is 8.57. The third-order valence-corrected chi connectivity index (χ3v) is 2.56. The molecule has 0 saturated carbocycles. The fourth-order valence-electron chi connectivity index (χ4n) is 1.62. The van der Waals surface area contributed by atoms with E-state index in [2.05, 4.69) is 0 Å². The molecule has 5 nitrogen and oxygen atoms in total. The second-order valence-corrected chi connectivity index (χ2v) is 4.06. The van der Waals surface area contributed by atoms with Crippen molar-refractivity contribution in [1.29, 1.82) is 0 Å². The highest BCUT2D eigenvalue weighted by atomic mass is 35.5. The van der Waals surface area contributed by atoms with Crippen molar-refractivity contribution < 1.29 is 9.59 Å². The topological polar surface area (TPSA) is 89.4 Å². The number of carbonyl (C=O) groups excluding carboxylic acids is 2. The van der Waals surface area contributed by atoms with Gasteiger partial charge in [-0.25, -0.2) is 0 Å². The molecule has 0 saturated heterocycles. The Morgan fingerprint density at radius 3 is 2.26 bits per heavy atom. The van der Waals surface area contributed by atoms with Crippen molar-refractivity contribution in [2.24, 2.45) is 11.5 Å². The Balaban J connectivity index is 0.00000324. The van der Waals surface area contributed by atoms with Crippen LogP contribution in [0, 0.1) is 0 Å². The minimum absolute atomic E-state index is 0. The first-order valence-electron chi connectivity index (χ1n) is 5.93. The molecule has 19 heavy (non-hydrogen) atoms. The standard InChI is InChI=1S/C13H19N3O2.ClH/c14-8-6-13(18)16(9-7-12(15)17)10-11-4-2-1-3-5-11;/h1-5H,6-10,14H2,(H2,15,17);1H. The number of nitrogens with two attached hydrogens (primary N) is 2. The maximum atomic E-state index is 11.9. The number of hydrogen-bond acceptors (Lipinski definition) is 3. The lowest BCUT2D eigenvalue weighted by molar-refractivity contribution is -0.132. The van der Waals surface area contributed by atoms with Crippen LogP contribution in [0.1, 0.15) is 18.4 Å². The molecule has 0 aliphatic carbocycles. The Morgan fingerprint density at radius 2 is 1.74 bits per heavy atom. The van der Waals surface area contributed by atoms with E-state index >= 15 is 0 Å². The Hall–Kier alpha value is -1.59. The third kappa shape index (κ3) is 6.79. The van der Waals surface area contributed by atoms with Gasteiger partial charge in [-0.1, -0.05) is 30.3 Å². The highest BCUT2D eigenvalue weighted by Crippen LogP contribution is 2.06. The quantitative estimate of drug-likeness (QED) is 0.771. The molecule has 2 amide bonds. The second-order valence-electron chi connectivity index (χ2n) is 4.06. The lowest BCUT2D eigenvalue weighted by Gasteiger charge is -2.22. The predicted octanol–water partition coefficient (Wildman–Crippen LogP) is 0.661. The van der Waals surface area contributed by atoms with Gasteiger partial charge in [-0.2, -0.15) is 0 Å². The van der Waals surface area contributed by atoms with Gasteiger partial charge in [0.25, 0.3) is 0 Å². The summed E-state index contributed by atoms with van der Waals surface area (Å²) in [4.78, 5) is 24.3. The van der Waals surface area contributed by atoms with Crippen LogP contribution in [0.25, 0.3) is 0 Å². The fraction of sp³-hybridized carbons (Fsp3) is 0.385. The summed E-state index contributed by atoms with van der Waals surface area (Å²) in [6.45, 7) is 1.12. The van der Waals surface area contributed by atoms with Crippen LogP contribution in [-0.4, -0.2) is 29.8 Å². The van der Waals surface area contributed by atoms with Gasteiger partial charge >= 0.3 is 0 Å². The van der Waals surface area contributed by atoms with E-state index in [4.69, 9.17) is 11.5 Å². The summed E-state index contributed by atoms with van der Waals surface area (Å²) in [6, 6.07) is 9.61. The van der Waals surface area contributed by atoms with Gasteiger partial charge in [0.15, 0.2) is 0 Å². The van der Waals surface area contributed by atoms with E-state index in [1.165, 1.54) is 0 Å². The maximum Gasteiger partial charge on any atom is 0.224 e. The molecule has 1 rings (SSSR count). The van der Waals surface area contributed by atoms with Crippen LogP contribution in [0.15, 0.2) is 30.3 Å².